The smallest absolute Gasteiger partial charge is 0.120 e. The topological polar surface area (TPSA) is 43.1 Å². The molecule has 2 nitrogen and oxygen atoms in total. The average molecular weight is 179 g/mol. The van der Waals surface area contributed by atoms with E-state index in [1.165, 1.54) is 0 Å². The molecule has 0 aromatic heterocycles. The Morgan fingerprint density at radius 3 is 2.00 bits per heavy atom. The Kier molecular flexibility index (Phi) is 6.60. The number of aldehydes is 1. The van der Waals surface area contributed by atoms with E-state index >= 15 is 0 Å². The van der Waals surface area contributed by atoms with Gasteiger partial charge in [0.15, 0.2) is 0 Å². The van der Waals surface area contributed by atoms with Crippen LogP contribution in [0.15, 0.2) is 30.3 Å². The van der Waals surface area contributed by atoms with E-state index in [0.29, 0.717) is 12.3 Å². The molecule has 0 heterocycles. The minimum absolute atomic E-state index is 0.530. The highest BCUT2D eigenvalue weighted by atomic mass is 16.1. The molecule has 0 aliphatic carbocycles. The van der Waals surface area contributed by atoms with Crippen LogP contribution in [0, 0.1) is 5.92 Å². The molecular weight excluding hydrogens is 162 g/mol. The molecule has 0 amide bonds. The van der Waals surface area contributed by atoms with Gasteiger partial charge in [-0.05, 0) is 18.1 Å². The highest BCUT2D eigenvalue weighted by Gasteiger charge is 1.85. The molecule has 72 valence electrons. The van der Waals surface area contributed by atoms with Crippen molar-refractivity contribution in [2.75, 3.05) is 5.73 Å². The van der Waals surface area contributed by atoms with Gasteiger partial charge in [-0.3, -0.25) is 0 Å². The first-order chi connectivity index (χ1) is 6.16. The minimum Gasteiger partial charge on any atom is -0.399 e. The molecule has 0 fully saturated rings. The van der Waals surface area contributed by atoms with Gasteiger partial charge < -0.3 is 10.5 Å². The number of para-hydroxylation sites is 1. The van der Waals surface area contributed by atoms with Crippen molar-refractivity contribution in [3.8, 4) is 0 Å². The lowest BCUT2D eigenvalue weighted by molar-refractivity contribution is -0.108. The quantitative estimate of drug-likeness (QED) is 0.560. The molecule has 2 N–H and O–H groups in total. The van der Waals surface area contributed by atoms with Crippen LogP contribution in [0.5, 0.6) is 0 Å². The van der Waals surface area contributed by atoms with Crippen molar-refractivity contribution in [3.63, 3.8) is 0 Å². The van der Waals surface area contributed by atoms with Crippen molar-refractivity contribution in [2.24, 2.45) is 5.92 Å². The summed E-state index contributed by atoms with van der Waals surface area (Å²) in [6.07, 6.45) is 1.64. The number of hydrogen-bond acceptors (Lipinski definition) is 2. The van der Waals surface area contributed by atoms with E-state index in [2.05, 4.69) is 0 Å². The van der Waals surface area contributed by atoms with Gasteiger partial charge in [-0.15, -0.1) is 0 Å². The Balaban J connectivity index is 0.000000226. The van der Waals surface area contributed by atoms with Crippen LogP contribution in [0.2, 0.25) is 0 Å². The van der Waals surface area contributed by atoms with E-state index in [1.54, 1.807) is 0 Å². The molecule has 0 radical (unpaired) electrons. The first-order valence-corrected chi connectivity index (χ1v) is 4.41. The van der Waals surface area contributed by atoms with Crippen LogP contribution < -0.4 is 5.73 Å². The molecule has 0 unspecified atom stereocenters. The second-order valence-electron chi connectivity index (χ2n) is 3.21. The molecule has 0 aliphatic heterocycles. The van der Waals surface area contributed by atoms with Crippen LogP contribution >= 0.6 is 0 Å². The highest BCUT2D eigenvalue weighted by molar-refractivity contribution is 5.49. The normalized spacial score (nSPS) is 8.85. The third-order valence-electron chi connectivity index (χ3n) is 1.37. The molecule has 13 heavy (non-hydrogen) atoms. The molecule has 0 aliphatic rings. The zero-order valence-electron chi connectivity index (χ0n) is 8.23. The third kappa shape index (κ3) is 8.60. The molecule has 0 spiro atoms. The Morgan fingerprint density at radius 1 is 1.31 bits per heavy atom. The number of rotatable bonds is 2. The first-order valence-electron chi connectivity index (χ1n) is 4.41. The maximum absolute atomic E-state index is 9.62. The zero-order valence-corrected chi connectivity index (χ0v) is 8.23. The summed E-state index contributed by atoms with van der Waals surface area (Å²) in [5.41, 5.74) is 6.18. The summed E-state index contributed by atoms with van der Waals surface area (Å²) in [5.74, 6) is 0.530. The summed E-state index contributed by atoms with van der Waals surface area (Å²) < 4.78 is 0. The Bertz CT molecular complexity index is 219. The van der Waals surface area contributed by atoms with E-state index in [9.17, 15) is 4.79 Å². The standard InChI is InChI=1S/C6H7N.C5H10O/c7-6-4-2-1-3-5-6;1-5(2)3-4-6/h1-5H,7H2;4-5H,3H2,1-2H3. The number of nitrogens with two attached hydrogens (primary N) is 1. The van der Waals surface area contributed by atoms with E-state index in [-0.39, 0.29) is 0 Å². The zero-order chi connectivity index (χ0) is 10.1. The average Bonchev–Trinajstić information content (AvgIpc) is 2.06. The molecular formula is C11H17NO. The molecule has 1 aromatic rings. The molecule has 0 bridgehead atoms. The fourth-order valence-corrected chi connectivity index (χ4v) is 0.645. The van der Waals surface area contributed by atoms with Gasteiger partial charge in [-0.1, -0.05) is 32.0 Å². The molecule has 2 heteroatoms. The van der Waals surface area contributed by atoms with Gasteiger partial charge in [0, 0.05) is 12.1 Å². The van der Waals surface area contributed by atoms with Crippen LogP contribution in [0.1, 0.15) is 20.3 Å². The predicted octanol–water partition coefficient (Wildman–Crippen LogP) is 2.50. The monoisotopic (exact) mass is 179 g/mol. The summed E-state index contributed by atoms with van der Waals surface area (Å²) in [6, 6.07) is 9.49. The van der Waals surface area contributed by atoms with E-state index < -0.39 is 0 Å². The van der Waals surface area contributed by atoms with Crippen LogP contribution in [-0.4, -0.2) is 6.29 Å². The van der Waals surface area contributed by atoms with Gasteiger partial charge >= 0.3 is 0 Å². The van der Waals surface area contributed by atoms with Crippen molar-refractivity contribution in [2.45, 2.75) is 20.3 Å². The summed E-state index contributed by atoms with van der Waals surface area (Å²) in [4.78, 5) is 9.62. The largest absolute Gasteiger partial charge is 0.399 e. The summed E-state index contributed by atoms with van der Waals surface area (Å²) in [6.45, 7) is 4.04. The lowest BCUT2D eigenvalue weighted by Crippen LogP contribution is -1.84. The van der Waals surface area contributed by atoms with Gasteiger partial charge in [0.2, 0.25) is 0 Å². The maximum Gasteiger partial charge on any atom is 0.120 e. The molecule has 1 aromatic carbocycles. The lowest BCUT2D eigenvalue weighted by Gasteiger charge is -1.89. The molecule has 0 atom stereocenters. The van der Waals surface area contributed by atoms with E-state index in [1.807, 2.05) is 44.2 Å². The number of hydrogen-bond donors (Lipinski definition) is 1. The first kappa shape index (κ1) is 11.7. The number of carbonyl (C=O) groups is 1. The van der Waals surface area contributed by atoms with Gasteiger partial charge in [-0.2, -0.15) is 0 Å². The fourth-order valence-electron chi connectivity index (χ4n) is 0.645. The SMILES string of the molecule is CC(C)CC=O.Nc1ccccc1. The maximum atomic E-state index is 9.62. The van der Waals surface area contributed by atoms with E-state index in [4.69, 9.17) is 5.73 Å². The number of nitrogen functional groups attached to an aromatic ring is 1. The van der Waals surface area contributed by atoms with Crippen molar-refractivity contribution in [1.29, 1.82) is 0 Å². The van der Waals surface area contributed by atoms with Gasteiger partial charge in [-0.25, -0.2) is 0 Å². The summed E-state index contributed by atoms with van der Waals surface area (Å²) in [5, 5.41) is 0. The van der Waals surface area contributed by atoms with Crippen LogP contribution in [-0.2, 0) is 4.79 Å². The third-order valence-corrected chi connectivity index (χ3v) is 1.37. The lowest BCUT2D eigenvalue weighted by atomic mass is 10.2. The second-order valence-corrected chi connectivity index (χ2v) is 3.21. The van der Waals surface area contributed by atoms with E-state index in [0.717, 1.165) is 12.0 Å². The van der Waals surface area contributed by atoms with Crippen molar-refractivity contribution in [3.05, 3.63) is 30.3 Å². The van der Waals surface area contributed by atoms with Gasteiger partial charge in [0.05, 0.1) is 0 Å². The number of anilines is 1. The summed E-state index contributed by atoms with van der Waals surface area (Å²) >= 11 is 0. The van der Waals surface area contributed by atoms with Crippen LogP contribution in [0.3, 0.4) is 0 Å². The second kappa shape index (κ2) is 7.35. The molecule has 0 saturated carbocycles. The minimum atomic E-state index is 0.530. The Hall–Kier alpha value is -1.31. The number of carbonyl (C=O) groups excluding carboxylic acids is 1. The Morgan fingerprint density at radius 2 is 1.85 bits per heavy atom. The Labute approximate surface area is 79.8 Å². The summed E-state index contributed by atoms with van der Waals surface area (Å²) in [7, 11) is 0. The predicted molar refractivity (Wildman–Crippen MR) is 56.4 cm³/mol. The highest BCUT2D eigenvalue weighted by Crippen LogP contribution is 1.95. The molecule has 0 saturated heterocycles. The van der Waals surface area contributed by atoms with Crippen molar-refractivity contribution in [1.82, 2.24) is 0 Å². The number of benzene rings is 1. The van der Waals surface area contributed by atoms with Crippen LogP contribution in [0.25, 0.3) is 0 Å². The van der Waals surface area contributed by atoms with Gasteiger partial charge in [0.1, 0.15) is 6.29 Å². The van der Waals surface area contributed by atoms with Gasteiger partial charge in [0.25, 0.3) is 0 Å². The fraction of sp³-hybridized carbons (Fsp3) is 0.364. The van der Waals surface area contributed by atoms with Crippen molar-refractivity contribution < 1.29 is 4.79 Å². The van der Waals surface area contributed by atoms with Crippen molar-refractivity contribution >= 4 is 12.0 Å². The molecule has 1 rings (SSSR count). The van der Waals surface area contributed by atoms with Crippen LogP contribution in [0.4, 0.5) is 5.69 Å².